The minimum Gasteiger partial charge on any atom is -0.384 e. The van der Waals surface area contributed by atoms with Crippen LogP contribution in [0.15, 0.2) is 69.9 Å². The van der Waals surface area contributed by atoms with E-state index in [-0.39, 0.29) is 11.7 Å². The Labute approximate surface area is 133 Å². The molecule has 0 saturated carbocycles. The van der Waals surface area contributed by atoms with Crippen LogP contribution in [0.1, 0.15) is 19.4 Å². The number of benzene rings is 2. The predicted octanol–water partition coefficient (Wildman–Crippen LogP) is 3.69. The summed E-state index contributed by atoms with van der Waals surface area (Å²) >= 11 is 0. The average molecular weight is 317 g/mol. The maximum Gasteiger partial charge on any atom is 0.105 e. The van der Waals surface area contributed by atoms with Crippen molar-refractivity contribution in [2.75, 3.05) is 12.8 Å². The first-order chi connectivity index (χ1) is 10.4. The van der Waals surface area contributed by atoms with Gasteiger partial charge in [-0.3, -0.25) is 0 Å². The van der Waals surface area contributed by atoms with Crippen molar-refractivity contribution >= 4 is 9.73 Å². The van der Waals surface area contributed by atoms with Gasteiger partial charge >= 0.3 is 0 Å². The van der Waals surface area contributed by atoms with E-state index in [0.29, 0.717) is 4.90 Å². The molecular weight excluding hydrogens is 294 g/mol. The molecule has 2 aromatic rings. The summed E-state index contributed by atoms with van der Waals surface area (Å²) in [5.74, 6) is 0.00328. The quantitative estimate of drug-likeness (QED) is 0.914. The average Bonchev–Trinajstić information content (AvgIpc) is 2.56. The third kappa shape index (κ3) is 3.23. The summed E-state index contributed by atoms with van der Waals surface area (Å²) in [6.07, 6.45) is 0. The van der Waals surface area contributed by atoms with Gasteiger partial charge in [0.1, 0.15) is 5.60 Å². The van der Waals surface area contributed by atoms with Crippen LogP contribution < -0.4 is 0 Å². The fourth-order valence-electron chi connectivity index (χ4n) is 2.49. The molecule has 0 heterocycles. The molecule has 0 fully saturated rings. The molecule has 0 bridgehead atoms. The van der Waals surface area contributed by atoms with Crippen molar-refractivity contribution in [1.82, 2.24) is 0 Å². The lowest BCUT2D eigenvalue weighted by Gasteiger charge is -2.33. The van der Waals surface area contributed by atoms with Crippen LogP contribution in [0.2, 0.25) is 0 Å². The molecule has 0 amide bonds. The first kappa shape index (κ1) is 16.7. The highest BCUT2D eigenvalue weighted by Gasteiger charge is 2.37. The van der Waals surface area contributed by atoms with Gasteiger partial charge in [-0.1, -0.05) is 62.4 Å². The smallest absolute Gasteiger partial charge is 0.105 e. The molecule has 4 heteroatoms. The van der Waals surface area contributed by atoms with Crippen LogP contribution in [0.5, 0.6) is 0 Å². The molecule has 2 rings (SSSR count). The molecule has 3 nitrogen and oxygen atoms in total. The standard InChI is InChI=1S/C18H23NO2S/c1-15(2)18(20,16-10-6-4-7-11-16)14-22(21,19-3)17-12-8-5-9-13-17/h4-13,15,20H,14H2,1-3H3/t18-,22+/m1/s1. The van der Waals surface area contributed by atoms with Crippen molar-refractivity contribution < 1.29 is 9.32 Å². The lowest BCUT2D eigenvalue weighted by Crippen LogP contribution is -2.39. The zero-order chi connectivity index (χ0) is 16.2. The summed E-state index contributed by atoms with van der Waals surface area (Å²) < 4.78 is 17.5. The van der Waals surface area contributed by atoms with E-state index in [9.17, 15) is 9.32 Å². The Balaban J connectivity index is 2.50. The van der Waals surface area contributed by atoms with Crippen LogP contribution >= 0.6 is 0 Å². The second-order valence-corrected chi connectivity index (χ2v) is 8.13. The van der Waals surface area contributed by atoms with E-state index in [1.54, 1.807) is 19.2 Å². The van der Waals surface area contributed by atoms with Gasteiger partial charge in [-0.25, -0.2) is 8.57 Å². The topological polar surface area (TPSA) is 49.7 Å². The van der Waals surface area contributed by atoms with E-state index in [0.717, 1.165) is 5.56 Å². The van der Waals surface area contributed by atoms with Crippen molar-refractivity contribution in [1.29, 1.82) is 0 Å². The van der Waals surface area contributed by atoms with E-state index < -0.39 is 15.3 Å². The minimum atomic E-state index is -2.68. The second-order valence-electron chi connectivity index (χ2n) is 5.73. The van der Waals surface area contributed by atoms with E-state index >= 15 is 0 Å². The van der Waals surface area contributed by atoms with Gasteiger partial charge in [0.15, 0.2) is 0 Å². The summed E-state index contributed by atoms with van der Waals surface area (Å²) in [7, 11) is -1.12. The van der Waals surface area contributed by atoms with Crippen LogP contribution in [0.4, 0.5) is 0 Å². The van der Waals surface area contributed by atoms with Crippen LogP contribution in [-0.4, -0.2) is 22.1 Å². The summed E-state index contributed by atoms with van der Waals surface area (Å²) in [5.41, 5.74) is -0.412. The zero-order valence-corrected chi connectivity index (χ0v) is 14.1. The Kier molecular flexibility index (Phi) is 5.04. The normalized spacial score (nSPS) is 16.8. The number of hydrogen-bond donors (Lipinski definition) is 1. The highest BCUT2D eigenvalue weighted by atomic mass is 32.2. The monoisotopic (exact) mass is 317 g/mol. The lowest BCUT2D eigenvalue weighted by molar-refractivity contribution is 0.0130. The molecule has 0 unspecified atom stereocenters. The number of rotatable bonds is 5. The Hall–Kier alpha value is -1.65. The Morgan fingerprint density at radius 1 is 1.05 bits per heavy atom. The molecule has 22 heavy (non-hydrogen) atoms. The van der Waals surface area contributed by atoms with E-state index in [4.69, 9.17) is 0 Å². The zero-order valence-electron chi connectivity index (χ0n) is 13.3. The fraction of sp³-hybridized carbons (Fsp3) is 0.333. The molecule has 0 aliphatic rings. The molecule has 2 atom stereocenters. The molecule has 0 aliphatic heterocycles. The summed E-state index contributed by atoms with van der Waals surface area (Å²) in [4.78, 5) is 0.660. The third-order valence-electron chi connectivity index (χ3n) is 4.05. The maximum absolute atomic E-state index is 13.3. The highest BCUT2D eigenvalue weighted by molar-refractivity contribution is 7.93. The summed E-state index contributed by atoms with van der Waals surface area (Å²) in [6.45, 7) is 3.88. The van der Waals surface area contributed by atoms with Gasteiger partial charge in [-0.2, -0.15) is 0 Å². The van der Waals surface area contributed by atoms with E-state index in [1.807, 2.05) is 62.4 Å². The first-order valence-electron chi connectivity index (χ1n) is 7.38. The van der Waals surface area contributed by atoms with Crippen molar-refractivity contribution in [3.8, 4) is 0 Å². The van der Waals surface area contributed by atoms with Gasteiger partial charge in [-0.05, 0) is 23.6 Å². The highest BCUT2D eigenvalue weighted by Crippen LogP contribution is 2.33. The largest absolute Gasteiger partial charge is 0.384 e. The van der Waals surface area contributed by atoms with Crippen LogP contribution in [-0.2, 0) is 15.3 Å². The Bertz CT molecular complexity index is 719. The molecule has 0 radical (unpaired) electrons. The first-order valence-corrected chi connectivity index (χ1v) is 9.07. The van der Waals surface area contributed by atoms with Gasteiger partial charge in [0.2, 0.25) is 0 Å². The van der Waals surface area contributed by atoms with Crippen molar-refractivity contribution in [3.05, 3.63) is 66.2 Å². The van der Waals surface area contributed by atoms with Crippen LogP contribution in [0.25, 0.3) is 0 Å². The number of hydrogen-bond acceptors (Lipinski definition) is 3. The van der Waals surface area contributed by atoms with Gasteiger partial charge in [-0.15, -0.1) is 0 Å². The van der Waals surface area contributed by atoms with Crippen LogP contribution in [0.3, 0.4) is 0 Å². The van der Waals surface area contributed by atoms with E-state index in [2.05, 4.69) is 4.36 Å². The summed E-state index contributed by atoms with van der Waals surface area (Å²) in [5, 5.41) is 11.2. The third-order valence-corrected chi connectivity index (χ3v) is 6.48. The van der Waals surface area contributed by atoms with Gasteiger partial charge in [0.05, 0.1) is 15.5 Å². The lowest BCUT2D eigenvalue weighted by atomic mass is 9.85. The minimum absolute atomic E-state index is 0.0822. The van der Waals surface area contributed by atoms with Crippen molar-refractivity contribution in [2.24, 2.45) is 10.3 Å². The summed E-state index contributed by atoms with van der Waals surface area (Å²) in [6, 6.07) is 18.6. The molecular formula is C18H23NO2S. The van der Waals surface area contributed by atoms with Gasteiger partial charge in [0, 0.05) is 11.9 Å². The fourth-order valence-corrected chi connectivity index (χ4v) is 4.68. The van der Waals surface area contributed by atoms with Crippen LogP contribution in [0, 0.1) is 5.92 Å². The second kappa shape index (κ2) is 6.63. The van der Waals surface area contributed by atoms with Crippen molar-refractivity contribution in [2.45, 2.75) is 24.3 Å². The molecule has 0 spiro atoms. The number of aliphatic hydroxyl groups is 1. The number of nitrogens with zero attached hydrogens (tertiary/aromatic N) is 1. The molecule has 2 aromatic carbocycles. The molecule has 0 saturated heterocycles. The Morgan fingerprint density at radius 3 is 2.00 bits per heavy atom. The molecule has 0 aromatic heterocycles. The maximum atomic E-state index is 13.3. The Morgan fingerprint density at radius 2 is 1.55 bits per heavy atom. The molecule has 118 valence electrons. The van der Waals surface area contributed by atoms with Gasteiger partial charge < -0.3 is 5.11 Å². The van der Waals surface area contributed by atoms with E-state index in [1.165, 1.54) is 0 Å². The molecule has 1 N–H and O–H groups in total. The molecule has 0 aliphatic carbocycles. The SMILES string of the molecule is CN=[S@](=O)(C[C@](O)(c1ccccc1)C(C)C)c1ccccc1. The van der Waals surface area contributed by atoms with Crippen molar-refractivity contribution in [3.63, 3.8) is 0 Å². The van der Waals surface area contributed by atoms with Gasteiger partial charge in [0.25, 0.3) is 0 Å². The predicted molar refractivity (Wildman–Crippen MR) is 91.2 cm³/mol.